The van der Waals surface area contributed by atoms with E-state index in [2.05, 4.69) is 0 Å². The SMILES string of the molecule is CCN(CC)S(=O)(=O)c1ccc(=O)n(CC(=O)c2ccc(F)c(F)c2)c1. The van der Waals surface area contributed by atoms with Crippen LogP contribution in [0, 0.1) is 11.6 Å². The number of nitrogens with zero attached hydrogens (tertiary/aromatic N) is 2. The van der Waals surface area contributed by atoms with E-state index in [9.17, 15) is 26.8 Å². The number of carbonyl (C=O) groups is 1. The van der Waals surface area contributed by atoms with E-state index in [1.807, 2.05) is 0 Å². The van der Waals surface area contributed by atoms with Gasteiger partial charge in [0.25, 0.3) is 5.56 Å². The Bertz CT molecular complexity index is 982. The number of rotatable bonds is 7. The van der Waals surface area contributed by atoms with E-state index >= 15 is 0 Å². The van der Waals surface area contributed by atoms with Gasteiger partial charge in [-0.05, 0) is 24.3 Å². The first-order valence-electron chi connectivity index (χ1n) is 7.89. The Balaban J connectivity index is 2.37. The first-order chi connectivity index (χ1) is 12.2. The van der Waals surface area contributed by atoms with Gasteiger partial charge in [-0.3, -0.25) is 9.59 Å². The summed E-state index contributed by atoms with van der Waals surface area (Å²) in [6, 6.07) is 4.87. The molecule has 0 aliphatic carbocycles. The van der Waals surface area contributed by atoms with Crippen molar-refractivity contribution in [1.82, 2.24) is 8.87 Å². The van der Waals surface area contributed by atoms with E-state index in [4.69, 9.17) is 0 Å². The third-order valence-electron chi connectivity index (χ3n) is 3.86. The highest BCUT2D eigenvalue weighted by molar-refractivity contribution is 7.89. The van der Waals surface area contributed by atoms with Crippen LogP contribution in [0.2, 0.25) is 0 Å². The van der Waals surface area contributed by atoms with Crippen LogP contribution in [0.3, 0.4) is 0 Å². The first-order valence-corrected chi connectivity index (χ1v) is 9.33. The van der Waals surface area contributed by atoms with Crippen LogP contribution in [-0.4, -0.2) is 36.2 Å². The average molecular weight is 384 g/mol. The second kappa shape index (κ2) is 7.88. The number of hydrogen-bond acceptors (Lipinski definition) is 4. The van der Waals surface area contributed by atoms with Crippen LogP contribution in [0.15, 0.2) is 46.2 Å². The minimum absolute atomic E-state index is 0.118. The highest BCUT2D eigenvalue weighted by Crippen LogP contribution is 2.14. The van der Waals surface area contributed by atoms with E-state index < -0.39 is 39.5 Å². The predicted octanol–water partition coefficient (Wildman–Crippen LogP) is 2.04. The smallest absolute Gasteiger partial charge is 0.251 e. The van der Waals surface area contributed by atoms with Gasteiger partial charge in [-0.25, -0.2) is 17.2 Å². The van der Waals surface area contributed by atoms with Crippen LogP contribution in [0.25, 0.3) is 0 Å². The molecule has 1 aromatic carbocycles. The van der Waals surface area contributed by atoms with Gasteiger partial charge in [0.05, 0.1) is 11.4 Å². The van der Waals surface area contributed by atoms with Gasteiger partial charge in [-0.15, -0.1) is 0 Å². The van der Waals surface area contributed by atoms with Crippen molar-refractivity contribution >= 4 is 15.8 Å². The standard InChI is InChI=1S/C17H18F2N2O4S/c1-3-21(4-2)26(24,25)13-6-8-17(23)20(10-13)11-16(22)12-5-7-14(18)15(19)9-12/h5-10H,3-4,11H2,1-2H3. The Kier molecular flexibility index (Phi) is 6.04. The van der Waals surface area contributed by atoms with E-state index in [0.717, 1.165) is 35.0 Å². The molecule has 0 unspecified atom stereocenters. The molecule has 1 heterocycles. The third kappa shape index (κ3) is 4.05. The van der Waals surface area contributed by atoms with E-state index in [-0.39, 0.29) is 23.5 Å². The molecular formula is C17H18F2N2O4S. The molecule has 0 spiro atoms. The van der Waals surface area contributed by atoms with Crippen molar-refractivity contribution in [2.24, 2.45) is 0 Å². The Morgan fingerprint density at radius 2 is 1.73 bits per heavy atom. The number of pyridine rings is 1. The molecule has 1 aromatic heterocycles. The summed E-state index contributed by atoms with van der Waals surface area (Å²) in [5, 5.41) is 0. The van der Waals surface area contributed by atoms with Gasteiger partial charge in [-0.2, -0.15) is 4.31 Å². The Morgan fingerprint density at radius 3 is 2.31 bits per heavy atom. The van der Waals surface area contributed by atoms with E-state index in [1.54, 1.807) is 13.8 Å². The van der Waals surface area contributed by atoms with E-state index in [0.29, 0.717) is 0 Å². The molecule has 0 N–H and O–H groups in total. The van der Waals surface area contributed by atoms with Crippen molar-refractivity contribution in [2.75, 3.05) is 13.1 Å². The number of carbonyl (C=O) groups excluding carboxylic acids is 1. The largest absolute Gasteiger partial charge is 0.306 e. The van der Waals surface area contributed by atoms with Crippen molar-refractivity contribution in [1.29, 1.82) is 0 Å². The van der Waals surface area contributed by atoms with Gasteiger partial charge in [-0.1, -0.05) is 13.8 Å². The molecule has 2 aromatic rings. The maximum absolute atomic E-state index is 13.3. The zero-order chi connectivity index (χ0) is 19.5. The topological polar surface area (TPSA) is 76.5 Å². The zero-order valence-corrected chi connectivity index (χ0v) is 15.1. The summed E-state index contributed by atoms with van der Waals surface area (Å²) >= 11 is 0. The lowest BCUT2D eigenvalue weighted by molar-refractivity contribution is 0.0970. The number of Topliss-reactive ketones (excluding diaryl/α,β-unsaturated/α-hetero) is 1. The molecule has 9 heteroatoms. The van der Waals surface area contributed by atoms with Crippen molar-refractivity contribution in [3.05, 3.63) is 64.1 Å². The maximum atomic E-state index is 13.3. The summed E-state index contributed by atoms with van der Waals surface area (Å²) in [6.45, 7) is 3.39. The molecule has 0 aliphatic heterocycles. The van der Waals surface area contributed by atoms with Crippen molar-refractivity contribution < 1.29 is 22.0 Å². The van der Waals surface area contributed by atoms with Crippen LogP contribution in [0.4, 0.5) is 8.78 Å². The fourth-order valence-electron chi connectivity index (χ4n) is 2.41. The number of benzene rings is 1. The van der Waals surface area contributed by atoms with Crippen molar-refractivity contribution in [3.8, 4) is 0 Å². The monoisotopic (exact) mass is 384 g/mol. The number of ketones is 1. The van der Waals surface area contributed by atoms with Gasteiger partial charge in [0.1, 0.15) is 0 Å². The molecule has 0 saturated heterocycles. The molecule has 0 aliphatic rings. The van der Waals surface area contributed by atoms with Crippen LogP contribution < -0.4 is 5.56 Å². The fraction of sp³-hybridized carbons (Fsp3) is 0.294. The minimum Gasteiger partial charge on any atom is -0.306 e. The normalized spacial score (nSPS) is 11.7. The van der Waals surface area contributed by atoms with Crippen LogP contribution in [0.1, 0.15) is 24.2 Å². The van der Waals surface area contributed by atoms with Crippen molar-refractivity contribution in [2.45, 2.75) is 25.3 Å². The maximum Gasteiger partial charge on any atom is 0.251 e. The summed E-state index contributed by atoms with van der Waals surface area (Å²) in [7, 11) is -3.80. The molecule has 0 amide bonds. The lowest BCUT2D eigenvalue weighted by atomic mass is 10.1. The van der Waals surface area contributed by atoms with Crippen LogP contribution in [0.5, 0.6) is 0 Å². The quantitative estimate of drug-likeness (QED) is 0.685. The third-order valence-corrected chi connectivity index (χ3v) is 5.89. The summed E-state index contributed by atoms with van der Waals surface area (Å²) in [5.41, 5.74) is -0.702. The molecule has 0 fully saturated rings. The summed E-state index contributed by atoms with van der Waals surface area (Å²) in [4.78, 5) is 24.1. The fourth-order valence-corrected chi connectivity index (χ4v) is 3.89. The zero-order valence-electron chi connectivity index (χ0n) is 14.3. The summed E-state index contributed by atoms with van der Waals surface area (Å²) < 4.78 is 53.4. The molecule has 26 heavy (non-hydrogen) atoms. The van der Waals surface area contributed by atoms with Gasteiger partial charge in [0, 0.05) is 30.9 Å². The Labute approximate surface area is 149 Å². The molecule has 2 rings (SSSR count). The molecule has 0 saturated carbocycles. The Hall–Kier alpha value is -2.39. The van der Waals surface area contributed by atoms with Crippen LogP contribution >= 0.6 is 0 Å². The van der Waals surface area contributed by atoms with Crippen molar-refractivity contribution in [3.63, 3.8) is 0 Å². The molecular weight excluding hydrogens is 366 g/mol. The summed E-state index contributed by atoms with van der Waals surface area (Å²) in [5.74, 6) is -2.92. The highest BCUT2D eigenvalue weighted by Gasteiger charge is 2.22. The molecule has 0 radical (unpaired) electrons. The lowest BCUT2D eigenvalue weighted by Gasteiger charge is -2.19. The van der Waals surface area contributed by atoms with Gasteiger partial charge < -0.3 is 4.57 Å². The first kappa shape index (κ1) is 19.9. The predicted molar refractivity (Wildman–Crippen MR) is 91.5 cm³/mol. The lowest BCUT2D eigenvalue weighted by Crippen LogP contribution is -2.32. The molecule has 0 bridgehead atoms. The molecule has 0 atom stereocenters. The second-order valence-electron chi connectivity index (χ2n) is 5.47. The number of aromatic nitrogens is 1. The number of sulfonamides is 1. The average Bonchev–Trinajstić information content (AvgIpc) is 2.59. The molecule has 6 nitrogen and oxygen atoms in total. The van der Waals surface area contributed by atoms with Gasteiger partial charge >= 0.3 is 0 Å². The molecule has 140 valence electrons. The second-order valence-corrected chi connectivity index (χ2v) is 7.41. The Morgan fingerprint density at radius 1 is 1.08 bits per heavy atom. The highest BCUT2D eigenvalue weighted by atomic mass is 32.2. The minimum atomic E-state index is -3.80. The summed E-state index contributed by atoms with van der Waals surface area (Å²) in [6.07, 6.45) is 1.08. The van der Waals surface area contributed by atoms with Gasteiger partial charge in [0.2, 0.25) is 10.0 Å². The van der Waals surface area contributed by atoms with Gasteiger partial charge in [0.15, 0.2) is 17.4 Å². The van der Waals surface area contributed by atoms with E-state index in [1.165, 1.54) is 10.4 Å². The number of hydrogen-bond donors (Lipinski definition) is 0. The van der Waals surface area contributed by atoms with Crippen LogP contribution in [-0.2, 0) is 16.6 Å². The number of halogens is 2.